The molecule has 1 saturated heterocycles. The predicted octanol–water partition coefficient (Wildman–Crippen LogP) is 3.58. The molecule has 1 fully saturated rings. The molecule has 2 heterocycles. The van der Waals surface area contributed by atoms with Crippen LogP contribution in [0.2, 0.25) is 0 Å². The number of carbonyl (C=O) groups is 4. The largest absolute Gasteiger partial charge is 0.462 e. The molecule has 2 atom stereocenters. The highest BCUT2D eigenvalue weighted by Gasteiger charge is 2.36. The molecule has 0 bridgehead atoms. The molecule has 1 aromatic heterocycles. The van der Waals surface area contributed by atoms with Gasteiger partial charge < -0.3 is 19.7 Å². The number of nitrogens with zero attached hydrogens (tertiary/aromatic N) is 1. The molecule has 1 aliphatic carbocycles. The summed E-state index contributed by atoms with van der Waals surface area (Å²) in [7, 11) is 0. The molecule has 186 valence electrons. The van der Waals surface area contributed by atoms with Crippen molar-refractivity contribution >= 4 is 40.1 Å². The summed E-state index contributed by atoms with van der Waals surface area (Å²) in [6, 6.07) is 9.56. The zero-order chi connectivity index (χ0) is 24.9. The minimum atomic E-state index is -0.607. The molecular formula is C26H30N2O6S. The van der Waals surface area contributed by atoms with E-state index < -0.39 is 30.4 Å². The van der Waals surface area contributed by atoms with Crippen LogP contribution in [0.5, 0.6) is 0 Å². The maximum Gasteiger partial charge on any atom is 0.341 e. The molecule has 35 heavy (non-hydrogen) atoms. The molecule has 2 aliphatic rings. The molecule has 0 unspecified atom stereocenters. The number of carbonyl (C=O) groups excluding carboxylic acids is 4. The lowest BCUT2D eigenvalue weighted by Crippen LogP contribution is -2.28. The summed E-state index contributed by atoms with van der Waals surface area (Å²) in [6.45, 7) is 4.36. The second-order valence-electron chi connectivity index (χ2n) is 9.09. The van der Waals surface area contributed by atoms with Crippen LogP contribution in [0.3, 0.4) is 0 Å². The van der Waals surface area contributed by atoms with Crippen LogP contribution < -0.4 is 5.32 Å². The number of hydrogen-bond acceptors (Lipinski definition) is 7. The highest BCUT2D eigenvalue weighted by atomic mass is 32.1. The van der Waals surface area contributed by atoms with E-state index in [0.29, 0.717) is 23.0 Å². The topological polar surface area (TPSA) is 102 Å². The summed E-state index contributed by atoms with van der Waals surface area (Å²) in [5, 5.41) is 3.18. The van der Waals surface area contributed by atoms with Crippen molar-refractivity contribution < 1.29 is 28.7 Å². The lowest BCUT2D eigenvalue weighted by molar-refractivity contribution is -0.151. The number of fused-ring (bicyclic) bond motifs is 1. The first-order chi connectivity index (χ1) is 16.9. The second-order valence-corrected chi connectivity index (χ2v) is 10.2. The Morgan fingerprint density at radius 1 is 1.14 bits per heavy atom. The van der Waals surface area contributed by atoms with E-state index in [0.717, 1.165) is 35.3 Å². The fourth-order valence-corrected chi connectivity index (χ4v) is 5.98. The summed E-state index contributed by atoms with van der Waals surface area (Å²) >= 11 is 1.38. The van der Waals surface area contributed by atoms with Crippen LogP contribution in [-0.2, 0) is 43.2 Å². The van der Waals surface area contributed by atoms with Crippen LogP contribution in [0, 0.1) is 11.8 Å². The molecule has 0 saturated carbocycles. The molecule has 2 aromatic rings. The fraction of sp³-hybridized carbons (Fsp3) is 0.462. The number of likely N-dealkylation sites (tertiary alicyclic amines) is 1. The van der Waals surface area contributed by atoms with Gasteiger partial charge in [-0.25, -0.2) is 4.79 Å². The van der Waals surface area contributed by atoms with E-state index in [4.69, 9.17) is 9.47 Å². The van der Waals surface area contributed by atoms with Crippen LogP contribution in [0.1, 0.15) is 53.1 Å². The number of nitrogens with one attached hydrogen (secondary N) is 1. The zero-order valence-electron chi connectivity index (χ0n) is 20.0. The average Bonchev–Trinajstić information content (AvgIpc) is 3.37. The lowest BCUT2D eigenvalue weighted by Gasteiger charge is -2.18. The maximum absolute atomic E-state index is 12.6. The van der Waals surface area contributed by atoms with Crippen molar-refractivity contribution in [3.63, 3.8) is 0 Å². The summed E-state index contributed by atoms with van der Waals surface area (Å²) in [5.74, 6) is -1.76. The Hall–Kier alpha value is -3.20. The number of thiophene rings is 1. The van der Waals surface area contributed by atoms with Gasteiger partial charge in [-0.3, -0.25) is 14.4 Å². The van der Waals surface area contributed by atoms with Crippen molar-refractivity contribution in [2.45, 2.75) is 46.1 Å². The lowest BCUT2D eigenvalue weighted by atomic mass is 9.88. The van der Waals surface area contributed by atoms with Gasteiger partial charge in [0.2, 0.25) is 5.91 Å². The molecule has 0 radical (unpaired) electrons. The third-order valence-electron chi connectivity index (χ3n) is 6.35. The SMILES string of the molecule is CCOC(=O)c1c(NC(=O)COC(=O)[C@H]2CC(=O)N(Cc3ccccc3)C2)sc2c1CC[C@@H](C)C2. The summed E-state index contributed by atoms with van der Waals surface area (Å²) in [4.78, 5) is 52.8. The predicted molar refractivity (Wildman–Crippen MR) is 131 cm³/mol. The quantitative estimate of drug-likeness (QED) is 0.558. The molecule has 1 aliphatic heterocycles. The number of benzene rings is 1. The van der Waals surface area contributed by atoms with Gasteiger partial charge in [0.1, 0.15) is 5.00 Å². The molecule has 9 heteroatoms. The Morgan fingerprint density at radius 3 is 2.66 bits per heavy atom. The van der Waals surface area contributed by atoms with E-state index in [9.17, 15) is 19.2 Å². The van der Waals surface area contributed by atoms with Crippen LogP contribution in [0.25, 0.3) is 0 Å². The van der Waals surface area contributed by atoms with E-state index >= 15 is 0 Å². The second kappa shape index (κ2) is 11.0. The molecule has 1 N–H and O–H groups in total. The Balaban J connectivity index is 1.34. The smallest absolute Gasteiger partial charge is 0.341 e. The number of anilines is 1. The van der Waals surface area contributed by atoms with Crippen molar-refractivity contribution in [1.29, 1.82) is 0 Å². The van der Waals surface area contributed by atoms with Crippen molar-refractivity contribution in [3.05, 3.63) is 51.9 Å². The average molecular weight is 499 g/mol. The number of rotatable bonds is 8. The standard InChI is InChI=1S/C26H30N2O6S/c1-3-33-26(32)23-19-10-9-16(2)11-20(19)35-24(23)27-21(29)15-34-25(31)18-12-22(30)28(14-18)13-17-7-5-4-6-8-17/h4-8,16,18H,3,9-15H2,1-2H3,(H,27,29)/t16-,18+/m1/s1. The third kappa shape index (κ3) is 5.90. The van der Waals surface area contributed by atoms with Crippen LogP contribution in [0.15, 0.2) is 30.3 Å². The molecule has 8 nitrogen and oxygen atoms in total. The molecule has 2 amide bonds. The summed E-state index contributed by atoms with van der Waals surface area (Å²) < 4.78 is 10.5. The van der Waals surface area contributed by atoms with Gasteiger partial charge in [0.25, 0.3) is 5.91 Å². The number of amides is 2. The van der Waals surface area contributed by atoms with Gasteiger partial charge in [-0.1, -0.05) is 37.3 Å². The van der Waals surface area contributed by atoms with Gasteiger partial charge >= 0.3 is 11.9 Å². The number of hydrogen-bond donors (Lipinski definition) is 1. The van der Waals surface area contributed by atoms with Gasteiger partial charge in [-0.2, -0.15) is 0 Å². The summed E-state index contributed by atoms with van der Waals surface area (Å²) in [6.07, 6.45) is 2.66. The Morgan fingerprint density at radius 2 is 1.91 bits per heavy atom. The monoisotopic (exact) mass is 498 g/mol. The van der Waals surface area contributed by atoms with E-state index in [-0.39, 0.29) is 25.5 Å². The third-order valence-corrected chi connectivity index (χ3v) is 7.52. The van der Waals surface area contributed by atoms with Gasteiger partial charge in [0, 0.05) is 24.4 Å². The highest BCUT2D eigenvalue weighted by Crippen LogP contribution is 2.40. The Bertz CT molecular complexity index is 1110. The van der Waals surface area contributed by atoms with Gasteiger partial charge in [-0.15, -0.1) is 11.3 Å². The van der Waals surface area contributed by atoms with Gasteiger partial charge in [0.15, 0.2) is 6.61 Å². The minimum absolute atomic E-state index is 0.0656. The molecular weight excluding hydrogens is 468 g/mol. The first kappa shape index (κ1) is 24.9. The van der Waals surface area contributed by atoms with Crippen molar-refractivity contribution in [1.82, 2.24) is 4.90 Å². The normalized spacial score (nSPS) is 19.3. The molecule has 1 aromatic carbocycles. The molecule has 4 rings (SSSR count). The minimum Gasteiger partial charge on any atom is -0.462 e. The first-order valence-corrected chi connectivity index (χ1v) is 12.8. The fourth-order valence-electron chi connectivity index (χ4n) is 4.56. The van der Waals surface area contributed by atoms with E-state index in [2.05, 4.69) is 12.2 Å². The van der Waals surface area contributed by atoms with Gasteiger partial charge in [-0.05, 0) is 43.2 Å². The number of ether oxygens (including phenoxy) is 2. The van der Waals surface area contributed by atoms with E-state index in [1.54, 1.807) is 11.8 Å². The van der Waals surface area contributed by atoms with Crippen LogP contribution in [-0.4, -0.2) is 48.4 Å². The Kier molecular flexibility index (Phi) is 7.85. The first-order valence-electron chi connectivity index (χ1n) is 12.0. The zero-order valence-corrected chi connectivity index (χ0v) is 20.8. The molecule has 0 spiro atoms. The highest BCUT2D eigenvalue weighted by molar-refractivity contribution is 7.17. The van der Waals surface area contributed by atoms with Crippen LogP contribution in [0.4, 0.5) is 5.00 Å². The van der Waals surface area contributed by atoms with Crippen LogP contribution >= 0.6 is 11.3 Å². The van der Waals surface area contributed by atoms with E-state index in [1.807, 2.05) is 30.3 Å². The Labute approximate surface area is 208 Å². The number of esters is 2. The van der Waals surface area contributed by atoms with Crippen molar-refractivity contribution in [2.24, 2.45) is 11.8 Å². The van der Waals surface area contributed by atoms with Crippen molar-refractivity contribution in [3.8, 4) is 0 Å². The van der Waals surface area contributed by atoms with Crippen molar-refractivity contribution in [2.75, 3.05) is 25.1 Å². The van der Waals surface area contributed by atoms with E-state index in [1.165, 1.54) is 11.3 Å². The van der Waals surface area contributed by atoms with Gasteiger partial charge in [0.05, 0.1) is 18.1 Å². The summed E-state index contributed by atoms with van der Waals surface area (Å²) in [5.41, 5.74) is 2.35. The maximum atomic E-state index is 12.6.